The maximum Gasteiger partial charge on any atom is 0.227 e. The number of ether oxygens (including phenoxy) is 1. The number of rotatable bonds is 3. The average molecular weight is 268 g/mol. The fraction of sp³-hybridized carbons (Fsp3) is 0.167. The van der Waals surface area contributed by atoms with Crippen molar-refractivity contribution >= 4 is 17.4 Å². The van der Waals surface area contributed by atoms with Crippen molar-refractivity contribution in [3.63, 3.8) is 0 Å². The highest BCUT2D eigenvalue weighted by atomic mass is 35.5. The largest absolute Gasteiger partial charge is 0.437 e. The molecule has 0 bridgehead atoms. The number of nitrogens with two attached hydrogens (primary N) is 1. The van der Waals surface area contributed by atoms with Gasteiger partial charge in [-0.15, -0.1) is 0 Å². The van der Waals surface area contributed by atoms with Crippen molar-refractivity contribution in [1.82, 2.24) is 9.97 Å². The van der Waals surface area contributed by atoms with E-state index >= 15 is 0 Å². The lowest BCUT2D eigenvalue weighted by Gasteiger charge is -2.10. The van der Waals surface area contributed by atoms with Crippen LogP contribution in [0, 0.1) is 5.82 Å². The van der Waals surface area contributed by atoms with Gasteiger partial charge in [-0.25, -0.2) is 14.4 Å². The third-order valence-corrected chi connectivity index (χ3v) is 2.69. The monoisotopic (exact) mass is 267 g/mol. The molecular weight excluding hydrogens is 257 g/mol. The number of hydrogen-bond acceptors (Lipinski definition) is 4. The van der Waals surface area contributed by atoms with Gasteiger partial charge in [0.25, 0.3) is 0 Å². The van der Waals surface area contributed by atoms with Crippen LogP contribution in [0.4, 0.5) is 10.2 Å². The molecule has 0 amide bonds. The van der Waals surface area contributed by atoms with E-state index in [-0.39, 0.29) is 5.02 Å². The lowest BCUT2D eigenvalue weighted by atomic mass is 10.2. The summed E-state index contributed by atoms with van der Waals surface area (Å²) in [5.74, 6) is 0.593. The summed E-state index contributed by atoms with van der Waals surface area (Å²) in [5.41, 5.74) is 6.42. The van der Waals surface area contributed by atoms with Crippen molar-refractivity contribution in [1.29, 1.82) is 0 Å². The summed E-state index contributed by atoms with van der Waals surface area (Å²) < 4.78 is 18.4. The van der Waals surface area contributed by atoms with Crippen molar-refractivity contribution in [2.45, 2.75) is 13.3 Å². The molecule has 2 aromatic rings. The number of nitrogens with zero attached hydrogens (tertiary/aromatic N) is 2. The maximum atomic E-state index is 12.9. The van der Waals surface area contributed by atoms with Gasteiger partial charge >= 0.3 is 0 Å². The number of hydrogen-bond donors (Lipinski definition) is 1. The van der Waals surface area contributed by atoms with Crippen LogP contribution in [0.5, 0.6) is 11.6 Å². The highest BCUT2D eigenvalue weighted by Crippen LogP contribution is 2.31. The Hall–Kier alpha value is -1.88. The molecule has 1 aromatic heterocycles. The van der Waals surface area contributed by atoms with Gasteiger partial charge in [0.05, 0.1) is 10.6 Å². The zero-order valence-electron chi connectivity index (χ0n) is 9.65. The molecule has 94 valence electrons. The molecule has 1 aromatic carbocycles. The van der Waals surface area contributed by atoms with E-state index in [4.69, 9.17) is 22.1 Å². The minimum atomic E-state index is -0.426. The first kappa shape index (κ1) is 12.6. The van der Waals surface area contributed by atoms with Crippen LogP contribution < -0.4 is 10.5 Å². The van der Waals surface area contributed by atoms with E-state index < -0.39 is 5.82 Å². The Labute approximate surface area is 109 Å². The average Bonchev–Trinajstić information content (AvgIpc) is 2.33. The first-order chi connectivity index (χ1) is 8.61. The van der Waals surface area contributed by atoms with E-state index in [2.05, 4.69) is 9.97 Å². The van der Waals surface area contributed by atoms with Gasteiger partial charge in [-0.3, -0.25) is 0 Å². The Kier molecular flexibility index (Phi) is 3.62. The Balaban J connectivity index is 2.37. The zero-order valence-corrected chi connectivity index (χ0v) is 10.4. The number of aromatic nitrogens is 2. The molecule has 4 nitrogen and oxygen atoms in total. The number of halogens is 2. The SMILES string of the molecule is CCc1c(N)ncnc1Oc1ccc(F)cc1Cl. The molecule has 0 saturated heterocycles. The molecule has 2 N–H and O–H groups in total. The fourth-order valence-corrected chi connectivity index (χ4v) is 1.70. The second-order valence-corrected chi connectivity index (χ2v) is 3.98. The second-order valence-electron chi connectivity index (χ2n) is 3.57. The quantitative estimate of drug-likeness (QED) is 0.928. The molecule has 1 heterocycles. The molecular formula is C12H11ClFN3O. The molecule has 0 aliphatic carbocycles. The fourth-order valence-electron chi connectivity index (χ4n) is 1.49. The van der Waals surface area contributed by atoms with Crippen LogP contribution in [0.1, 0.15) is 12.5 Å². The third-order valence-electron chi connectivity index (χ3n) is 2.39. The van der Waals surface area contributed by atoms with Gasteiger partial charge < -0.3 is 10.5 Å². The standard InChI is InChI=1S/C12H11ClFN3O/c1-2-8-11(15)16-6-17-12(8)18-10-4-3-7(14)5-9(10)13/h3-6H,2H2,1H3,(H2,15,16,17). The minimum absolute atomic E-state index is 0.175. The zero-order chi connectivity index (χ0) is 13.1. The van der Waals surface area contributed by atoms with E-state index in [1.165, 1.54) is 24.5 Å². The van der Waals surface area contributed by atoms with Gasteiger partial charge in [0, 0.05) is 0 Å². The summed E-state index contributed by atoms with van der Waals surface area (Å²) in [6.45, 7) is 1.91. The Morgan fingerprint density at radius 3 is 2.83 bits per heavy atom. The molecule has 0 spiro atoms. The molecule has 2 rings (SSSR count). The van der Waals surface area contributed by atoms with E-state index in [0.717, 1.165) is 0 Å². The highest BCUT2D eigenvalue weighted by Gasteiger charge is 2.11. The smallest absolute Gasteiger partial charge is 0.227 e. The molecule has 0 aliphatic rings. The maximum absolute atomic E-state index is 12.9. The number of benzene rings is 1. The minimum Gasteiger partial charge on any atom is -0.437 e. The summed E-state index contributed by atoms with van der Waals surface area (Å²) in [6, 6.07) is 3.87. The number of anilines is 1. The summed E-state index contributed by atoms with van der Waals surface area (Å²) >= 11 is 5.88. The van der Waals surface area contributed by atoms with Crippen LogP contribution in [0.25, 0.3) is 0 Å². The first-order valence-corrected chi connectivity index (χ1v) is 5.72. The van der Waals surface area contributed by atoms with E-state index in [1.807, 2.05) is 6.92 Å². The molecule has 0 aliphatic heterocycles. The van der Waals surface area contributed by atoms with E-state index in [9.17, 15) is 4.39 Å². The van der Waals surface area contributed by atoms with Crippen molar-refractivity contribution in [2.24, 2.45) is 0 Å². The third kappa shape index (κ3) is 2.51. The summed E-state index contributed by atoms with van der Waals surface area (Å²) in [4.78, 5) is 7.89. The summed E-state index contributed by atoms with van der Waals surface area (Å²) in [7, 11) is 0. The van der Waals surface area contributed by atoms with Gasteiger partial charge in [0.2, 0.25) is 5.88 Å². The Morgan fingerprint density at radius 1 is 1.39 bits per heavy atom. The molecule has 0 radical (unpaired) electrons. The molecule has 0 saturated carbocycles. The predicted molar refractivity (Wildman–Crippen MR) is 67.3 cm³/mol. The van der Waals surface area contributed by atoms with E-state index in [1.54, 1.807) is 0 Å². The van der Waals surface area contributed by atoms with Crippen LogP contribution in [-0.4, -0.2) is 9.97 Å². The van der Waals surface area contributed by atoms with E-state index in [0.29, 0.717) is 29.4 Å². The molecule has 0 atom stereocenters. The van der Waals surface area contributed by atoms with Crippen LogP contribution in [-0.2, 0) is 6.42 Å². The predicted octanol–water partition coefficient (Wildman–Crippen LogP) is 3.21. The van der Waals surface area contributed by atoms with Gasteiger partial charge in [0.1, 0.15) is 23.7 Å². The van der Waals surface area contributed by atoms with Crippen molar-refractivity contribution in [3.8, 4) is 11.6 Å². The topological polar surface area (TPSA) is 61.0 Å². The normalized spacial score (nSPS) is 10.4. The van der Waals surface area contributed by atoms with Crippen LogP contribution in [0.3, 0.4) is 0 Å². The van der Waals surface area contributed by atoms with Crippen molar-refractivity contribution < 1.29 is 9.13 Å². The van der Waals surface area contributed by atoms with Gasteiger partial charge in [-0.2, -0.15) is 0 Å². The highest BCUT2D eigenvalue weighted by molar-refractivity contribution is 6.32. The van der Waals surface area contributed by atoms with Crippen LogP contribution in [0.15, 0.2) is 24.5 Å². The Bertz CT molecular complexity index is 577. The molecule has 6 heteroatoms. The summed E-state index contributed by atoms with van der Waals surface area (Å²) in [6.07, 6.45) is 1.93. The first-order valence-electron chi connectivity index (χ1n) is 5.34. The Morgan fingerprint density at radius 2 is 2.17 bits per heavy atom. The number of nitrogen functional groups attached to an aromatic ring is 1. The molecule has 0 unspecified atom stereocenters. The lowest BCUT2D eigenvalue weighted by Crippen LogP contribution is -2.02. The van der Waals surface area contributed by atoms with Gasteiger partial charge in [-0.1, -0.05) is 18.5 Å². The van der Waals surface area contributed by atoms with Gasteiger partial charge in [0.15, 0.2) is 0 Å². The molecule has 18 heavy (non-hydrogen) atoms. The van der Waals surface area contributed by atoms with Crippen LogP contribution in [0.2, 0.25) is 5.02 Å². The lowest BCUT2D eigenvalue weighted by molar-refractivity contribution is 0.454. The van der Waals surface area contributed by atoms with Gasteiger partial charge in [-0.05, 0) is 24.6 Å². The summed E-state index contributed by atoms with van der Waals surface area (Å²) in [5, 5.41) is 0.175. The molecule has 0 fully saturated rings. The van der Waals surface area contributed by atoms with Crippen molar-refractivity contribution in [3.05, 3.63) is 40.9 Å². The van der Waals surface area contributed by atoms with Crippen molar-refractivity contribution in [2.75, 3.05) is 5.73 Å². The van der Waals surface area contributed by atoms with Crippen LogP contribution >= 0.6 is 11.6 Å². The second kappa shape index (κ2) is 5.18.